The van der Waals surface area contributed by atoms with Gasteiger partial charge in [0.1, 0.15) is 0 Å². The van der Waals surface area contributed by atoms with Gasteiger partial charge < -0.3 is 10.2 Å². The van der Waals surface area contributed by atoms with Gasteiger partial charge in [0, 0.05) is 30.9 Å². The molecule has 2 nitrogen and oxygen atoms in total. The van der Waals surface area contributed by atoms with Gasteiger partial charge in [-0.1, -0.05) is 25.5 Å². The third-order valence-corrected chi connectivity index (χ3v) is 4.53. The third kappa shape index (κ3) is 3.30. The van der Waals surface area contributed by atoms with E-state index in [1.807, 2.05) is 0 Å². The fraction of sp³-hybridized carbons (Fsp3) is 0.647. The average Bonchev–Trinajstić information content (AvgIpc) is 3.22. The molecule has 104 valence electrons. The molecule has 0 radical (unpaired) electrons. The molecule has 2 aliphatic rings. The van der Waals surface area contributed by atoms with E-state index < -0.39 is 0 Å². The van der Waals surface area contributed by atoms with E-state index in [1.54, 1.807) is 0 Å². The summed E-state index contributed by atoms with van der Waals surface area (Å²) in [4.78, 5) is 2.59. The van der Waals surface area contributed by atoms with Crippen LogP contribution in [0.1, 0.15) is 38.2 Å². The summed E-state index contributed by atoms with van der Waals surface area (Å²) < 4.78 is 0. The zero-order valence-corrected chi connectivity index (χ0v) is 12.2. The molecule has 2 atom stereocenters. The molecule has 1 heterocycles. The Morgan fingerprint density at radius 3 is 2.74 bits per heavy atom. The Balaban J connectivity index is 1.71. The summed E-state index contributed by atoms with van der Waals surface area (Å²) in [5, 5.41) is 3.83. The fourth-order valence-electron chi connectivity index (χ4n) is 3.24. The number of anilines is 1. The van der Waals surface area contributed by atoms with E-state index in [-0.39, 0.29) is 0 Å². The Kier molecular flexibility index (Phi) is 3.79. The van der Waals surface area contributed by atoms with Crippen LogP contribution in [0.3, 0.4) is 0 Å². The molecule has 0 amide bonds. The van der Waals surface area contributed by atoms with Gasteiger partial charge in [-0.15, -0.1) is 0 Å². The second-order valence-electron chi connectivity index (χ2n) is 6.39. The molecule has 2 fully saturated rings. The Bertz CT molecular complexity index is 425. The quantitative estimate of drug-likeness (QED) is 0.891. The molecule has 1 N–H and O–H groups in total. The lowest BCUT2D eigenvalue weighted by Gasteiger charge is -2.39. The Labute approximate surface area is 117 Å². The summed E-state index contributed by atoms with van der Waals surface area (Å²) in [5.41, 5.74) is 2.77. The number of hydrogen-bond donors (Lipinski definition) is 1. The topological polar surface area (TPSA) is 15.3 Å². The van der Waals surface area contributed by atoms with Crippen molar-refractivity contribution in [3.8, 4) is 0 Å². The molecule has 1 aliphatic carbocycles. The molecule has 2 heteroatoms. The van der Waals surface area contributed by atoms with E-state index in [0.29, 0.717) is 6.04 Å². The average molecular weight is 258 g/mol. The van der Waals surface area contributed by atoms with Crippen molar-refractivity contribution in [3.63, 3.8) is 0 Å². The maximum atomic E-state index is 3.83. The molecule has 3 rings (SSSR count). The molecule has 1 aromatic carbocycles. The standard InChI is InChI=1S/C17H26N2/c1-3-14-10-16(18-15-7-8-15)12-19(11-14)17-6-4-5-13(2)9-17/h4-6,9,14-16,18H,3,7-8,10-12H2,1-2H3. The van der Waals surface area contributed by atoms with Gasteiger partial charge in [0.2, 0.25) is 0 Å². The Hall–Kier alpha value is -1.02. The summed E-state index contributed by atoms with van der Waals surface area (Å²) in [7, 11) is 0. The minimum Gasteiger partial charge on any atom is -0.370 e. The molecular weight excluding hydrogens is 232 g/mol. The molecule has 2 unspecified atom stereocenters. The van der Waals surface area contributed by atoms with Gasteiger partial charge in [0.05, 0.1) is 0 Å². The van der Waals surface area contributed by atoms with Crippen molar-refractivity contribution in [2.24, 2.45) is 5.92 Å². The normalized spacial score (nSPS) is 27.6. The molecular formula is C17H26N2. The number of nitrogens with zero attached hydrogens (tertiary/aromatic N) is 1. The number of benzene rings is 1. The van der Waals surface area contributed by atoms with E-state index in [4.69, 9.17) is 0 Å². The van der Waals surface area contributed by atoms with Gasteiger partial charge in [0.25, 0.3) is 0 Å². The van der Waals surface area contributed by atoms with Gasteiger partial charge in [-0.2, -0.15) is 0 Å². The Morgan fingerprint density at radius 1 is 1.21 bits per heavy atom. The second-order valence-corrected chi connectivity index (χ2v) is 6.39. The first-order chi connectivity index (χ1) is 9.24. The van der Waals surface area contributed by atoms with Gasteiger partial charge in [-0.3, -0.25) is 0 Å². The van der Waals surface area contributed by atoms with Crippen LogP contribution in [-0.4, -0.2) is 25.2 Å². The zero-order valence-electron chi connectivity index (χ0n) is 12.2. The van der Waals surface area contributed by atoms with Crippen LogP contribution < -0.4 is 10.2 Å². The van der Waals surface area contributed by atoms with Gasteiger partial charge in [-0.25, -0.2) is 0 Å². The summed E-state index contributed by atoms with van der Waals surface area (Å²) in [6.07, 6.45) is 5.43. The molecule has 0 spiro atoms. The highest BCUT2D eigenvalue weighted by molar-refractivity contribution is 5.49. The van der Waals surface area contributed by atoms with E-state index in [2.05, 4.69) is 48.3 Å². The van der Waals surface area contributed by atoms with Crippen molar-refractivity contribution in [2.45, 2.75) is 51.6 Å². The molecule has 0 aromatic heterocycles. The highest BCUT2D eigenvalue weighted by Gasteiger charge is 2.31. The summed E-state index contributed by atoms with van der Waals surface area (Å²) in [5.74, 6) is 0.838. The predicted molar refractivity (Wildman–Crippen MR) is 81.7 cm³/mol. The lowest BCUT2D eigenvalue weighted by atomic mass is 9.91. The van der Waals surface area contributed by atoms with Crippen LogP contribution in [0.4, 0.5) is 5.69 Å². The van der Waals surface area contributed by atoms with Crippen LogP contribution in [0.15, 0.2) is 24.3 Å². The smallest absolute Gasteiger partial charge is 0.0369 e. The molecule has 1 saturated carbocycles. The number of aryl methyl sites for hydroxylation is 1. The van der Waals surface area contributed by atoms with Crippen LogP contribution in [0.2, 0.25) is 0 Å². The van der Waals surface area contributed by atoms with Crippen molar-refractivity contribution >= 4 is 5.69 Å². The van der Waals surface area contributed by atoms with Crippen molar-refractivity contribution in [3.05, 3.63) is 29.8 Å². The van der Waals surface area contributed by atoms with E-state index in [0.717, 1.165) is 12.0 Å². The molecule has 19 heavy (non-hydrogen) atoms. The summed E-state index contributed by atoms with van der Waals surface area (Å²) in [6.45, 7) is 6.92. The van der Waals surface area contributed by atoms with Crippen LogP contribution in [0, 0.1) is 12.8 Å². The van der Waals surface area contributed by atoms with Crippen molar-refractivity contribution in [1.82, 2.24) is 5.32 Å². The van der Waals surface area contributed by atoms with Gasteiger partial charge in [-0.05, 0) is 49.8 Å². The van der Waals surface area contributed by atoms with E-state index in [9.17, 15) is 0 Å². The maximum absolute atomic E-state index is 3.83. The van der Waals surface area contributed by atoms with Crippen molar-refractivity contribution in [2.75, 3.05) is 18.0 Å². The first-order valence-corrected chi connectivity index (χ1v) is 7.82. The van der Waals surface area contributed by atoms with Crippen molar-refractivity contribution in [1.29, 1.82) is 0 Å². The minimum atomic E-state index is 0.687. The highest BCUT2D eigenvalue weighted by Crippen LogP contribution is 2.28. The predicted octanol–water partition coefficient (Wildman–Crippen LogP) is 3.35. The molecule has 1 aliphatic heterocycles. The molecule has 0 bridgehead atoms. The number of piperidine rings is 1. The SMILES string of the molecule is CCC1CC(NC2CC2)CN(c2cccc(C)c2)C1. The van der Waals surface area contributed by atoms with Crippen LogP contribution in [0.25, 0.3) is 0 Å². The molecule has 1 saturated heterocycles. The number of nitrogens with one attached hydrogen (secondary N) is 1. The Morgan fingerprint density at radius 2 is 2.05 bits per heavy atom. The van der Waals surface area contributed by atoms with E-state index in [1.165, 1.54) is 50.0 Å². The highest BCUT2D eigenvalue weighted by atomic mass is 15.2. The number of rotatable bonds is 4. The van der Waals surface area contributed by atoms with Crippen molar-refractivity contribution < 1.29 is 0 Å². The lowest BCUT2D eigenvalue weighted by molar-refractivity contribution is 0.325. The lowest BCUT2D eigenvalue weighted by Crippen LogP contribution is -2.50. The van der Waals surface area contributed by atoms with Gasteiger partial charge >= 0.3 is 0 Å². The van der Waals surface area contributed by atoms with Crippen LogP contribution >= 0.6 is 0 Å². The summed E-state index contributed by atoms with van der Waals surface area (Å²) in [6, 6.07) is 10.5. The minimum absolute atomic E-state index is 0.687. The van der Waals surface area contributed by atoms with Crippen LogP contribution in [-0.2, 0) is 0 Å². The first kappa shape index (κ1) is 13.0. The first-order valence-electron chi connectivity index (χ1n) is 7.82. The largest absolute Gasteiger partial charge is 0.370 e. The second kappa shape index (κ2) is 5.54. The zero-order chi connectivity index (χ0) is 13.2. The monoisotopic (exact) mass is 258 g/mol. The third-order valence-electron chi connectivity index (χ3n) is 4.53. The summed E-state index contributed by atoms with van der Waals surface area (Å²) >= 11 is 0. The maximum Gasteiger partial charge on any atom is 0.0369 e. The fourth-order valence-corrected chi connectivity index (χ4v) is 3.24. The van der Waals surface area contributed by atoms with Gasteiger partial charge in [0.15, 0.2) is 0 Å². The number of hydrogen-bond acceptors (Lipinski definition) is 2. The van der Waals surface area contributed by atoms with E-state index >= 15 is 0 Å². The molecule has 1 aromatic rings. The van der Waals surface area contributed by atoms with Crippen LogP contribution in [0.5, 0.6) is 0 Å².